The summed E-state index contributed by atoms with van der Waals surface area (Å²) in [4.78, 5) is 0. The van der Waals surface area contributed by atoms with Gasteiger partial charge in [-0.15, -0.1) is 0 Å². The Bertz CT molecular complexity index is 352. The minimum absolute atomic E-state index is 0.505. The Hall–Kier alpha value is -0.820. The summed E-state index contributed by atoms with van der Waals surface area (Å²) in [5, 5.41) is 0. The zero-order valence-electron chi connectivity index (χ0n) is 10.7. The minimum atomic E-state index is 0.505. The van der Waals surface area contributed by atoms with E-state index in [9.17, 15) is 0 Å². The molecule has 0 N–H and O–H groups in total. The van der Waals surface area contributed by atoms with Gasteiger partial charge in [-0.2, -0.15) is 0 Å². The first-order chi connectivity index (χ1) is 7.45. The molecule has 0 saturated carbocycles. The van der Waals surface area contributed by atoms with E-state index in [-0.39, 0.29) is 0 Å². The Labute approximate surface area is 108 Å². The monoisotopic (exact) mass is 280 g/mol. The van der Waals surface area contributed by atoms with E-state index >= 15 is 0 Å². The van der Waals surface area contributed by atoms with Crippen LogP contribution >= 0.6 is 15.9 Å². The molecule has 0 aliphatic carbocycles. The lowest BCUT2D eigenvalue weighted by atomic mass is 9.98. The molecule has 0 amide bonds. The molecule has 0 saturated heterocycles. The second kappa shape index (κ2) is 7.45. The summed E-state index contributed by atoms with van der Waals surface area (Å²) >= 11 is 3.65. The van der Waals surface area contributed by atoms with E-state index in [1.165, 1.54) is 11.1 Å². The van der Waals surface area contributed by atoms with Gasteiger partial charge >= 0.3 is 0 Å². The van der Waals surface area contributed by atoms with Crippen LogP contribution in [0.5, 0.6) is 0 Å². The van der Waals surface area contributed by atoms with E-state index in [0.717, 1.165) is 10.1 Å². The molecule has 1 heteroatoms. The first kappa shape index (κ1) is 15.2. The molecular formula is C15H21Br. The fourth-order valence-electron chi connectivity index (χ4n) is 1.38. The maximum absolute atomic E-state index is 4.04. The van der Waals surface area contributed by atoms with Crippen LogP contribution in [0, 0.1) is 5.92 Å². The summed E-state index contributed by atoms with van der Waals surface area (Å²) in [7, 11) is 0. The van der Waals surface area contributed by atoms with Crippen molar-refractivity contribution in [3.8, 4) is 0 Å². The van der Waals surface area contributed by atoms with Crippen molar-refractivity contribution < 1.29 is 0 Å². The highest BCUT2D eigenvalue weighted by molar-refractivity contribution is 9.12. The third-order valence-corrected chi connectivity index (χ3v) is 3.48. The van der Waals surface area contributed by atoms with Gasteiger partial charge in [0.1, 0.15) is 0 Å². The third-order valence-electron chi connectivity index (χ3n) is 2.43. The van der Waals surface area contributed by atoms with E-state index in [0.29, 0.717) is 5.92 Å². The zero-order valence-corrected chi connectivity index (χ0v) is 12.3. The SMILES string of the molecule is C=C/C=C\C(=C)/C(C)=C(Br)/C(=C\C)C(C)C. The predicted octanol–water partition coefficient (Wildman–Crippen LogP) is 5.56. The molecule has 0 nitrogen and oxygen atoms in total. The number of halogens is 1. The molecule has 0 aliphatic heterocycles. The van der Waals surface area contributed by atoms with Crippen molar-refractivity contribution in [2.75, 3.05) is 0 Å². The fraction of sp³-hybridized carbons (Fsp3) is 0.333. The molecule has 88 valence electrons. The van der Waals surface area contributed by atoms with Gasteiger partial charge in [-0.1, -0.05) is 67.2 Å². The van der Waals surface area contributed by atoms with Crippen molar-refractivity contribution in [2.24, 2.45) is 5.92 Å². The van der Waals surface area contributed by atoms with Crippen LogP contribution in [0.1, 0.15) is 27.7 Å². The summed E-state index contributed by atoms with van der Waals surface area (Å²) < 4.78 is 1.14. The number of allylic oxidation sites excluding steroid dienone is 8. The molecule has 0 heterocycles. The molecule has 0 rings (SSSR count). The highest BCUT2D eigenvalue weighted by Gasteiger charge is 2.09. The zero-order chi connectivity index (χ0) is 12.7. The summed E-state index contributed by atoms with van der Waals surface area (Å²) in [5.41, 5.74) is 3.48. The Morgan fingerprint density at radius 3 is 2.25 bits per heavy atom. The van der Waals surface area contributed by atoms with Gasteiger partial charge in [-0.25, -0.2) is 0 Å². The summed E-state index contributed by atoms with van der Waals surface area (Å²) in [5.74, 6) is 0.505. The molecule has 0 atom stereocenters. The topological polar surface area (TPSA) is 0 Å². The molecular weight excluding hydrogens is 260 g/mol. The van der Waals surface area contributed by atoms with Crippen molar-refractivity contribution in [3.63, 3.8) is 0 Å². The molecule has 0 spiro atoms. The third kappa shape index (κ3) is 4.36. The second-order valence-electron chi connectivity index (χ2n) is 3.96. The van der Waals surface area contributed by atoms with Gasteiger partial charge in [0.25, 0.3) is 0 Å². The van der Waals surface area contributed by atoms with Crippen LogP contribution in [0.4, 0.5) is 0 Å². The summed E-state index contributed by atoms with van der Waals surface area (Å²) in [6, 6.07) is 0. The van der Waals surface area contributed by atoms with E-state index in [1.54, 1.807) is 6.08 Å². The second-order valence-corrected chi connectivity index (χ2v) is 4.75. The smallest absolute Gasteiger partial charge is 0.0241 e. The molecule has 0 unspecified atom stereocenters. The van der Waals surface area contributed by atoms with Gasteiger partial charge in [0.2, 0.25) is 0 Å². The highest BCUT2D eigenvalue weighted by atomic mass is 79.9. The van der Waals surface area contributed by atoms with Crippen molar-refractivity contribution in [1.29, 1.82) is 0 Å². The lowest BCUT2D eigenvalue weighted by Crippen LogP contribution is -1.96. The predicted molar refractivity (Wildman–Crippen MR) is 78.7 cm³/mol. The minimum Gasteiger partial charge on any atom is -0.0991 e. The van der Waals surface area contributed by atoms with Gasteiger partial charge in [0, 0.05) is 4.48 Å². The van der Waals surface area contributed by atoms with Crippen molar-refractivity contribution in [1.82, 2.24) is 0 Å². The molecule has 0 radical (unpaired) electrons. The molecule has 0 aromatic rings. The standard InChI is InChI=1S/C15H21Br/c1-7-9-10-12(5)13(6)15(16)14(8-2)11(3)4/h7-11H,1,5H2,2-4,6H3/b10-9-,14-8-,15-13-. The first-order valence-electron chi connectivity index (χ1n) is 5.47. The Balaban J connectivity index is 5.17. The van der Waals surface area contributed by atoms with Crippen LogP contribution in [-0.2, 0) is 0 Å². The van der Waals surface area contributed by atoms with E-state index in [2.05, 4.69) is 62.9 Å². The van der Waals surface area contributed by atoms with Gasteiger partial charge in [0.05, 0.1) is 0 Å². The molecule has 0 aromatic heterocycles. The van der Waals surface area contributed by atoms with Crippen molar-refractivity contribution in [3.05, 3.63) is 58.7 Å². The quantitative estimate of drug-likeness (QED) is 0.579. The van der Waals surface area contributed by atoms with Crippen molar-refractivity contribution in [2.45, 2.75) is 27.7 Å². The average molecular weight is 281 g/mol. The van der Waals surface area contributed by atoms with Crippen LogP contribution < -0.4 is 0 Å². The fourth-order valence-corrected chi connectivity index (χ4v) is 2.32. The number of rotatable bonds is 5. The molecule has 0 aliphatic rings. The number of hydrogen-bond acceptors (Lipinski definition) is 0. The van der Waals surface area contributed by atoms with Crippen molar-refractivity contribution >= 4 is 15.9 Å². The Kier molecular flexibility index (Phi) is 7.07. The van der Waals surface area contributed by atoms with Crippen LogP contribution in [0.2, 0.25) is 0 Å². The molecule has 0 bridgehead atoms. The molecule has 0 aromatic carbocycles. The number of hydrogen-bond donors (Lipinski definition) is 0. The normalized spacial score (nSPS) is 14.2. The summed E-state index contributed by atoms with van der Waals surface area (Å²) in [6.45, 7) is 16.2. The van der Waals surface area contributed by atoms with Crippen LogP contribution in [0.15, 0.2) is 58.7 Å². The Morgan fingerprint density at radius 2 is 1.88 bits per heavy atom. The van der Waals surface area contributed by atoms with Crippen LogP contribution in [0.25, 0.3) is 0 Å². The van der Waals surface area contributed by atoms with Gasteiger partial charge in [-0.3, -0.25) is 0 Å². The van der Waals surface area contributed by atoms with Crippen LogP contribution in [-0.4, -0.2) is 0 Å². The lowest BCUT2D eigenvalue weighted by Gasteiger charge is -2.13. The average Bonchev–Trinajstić information content (AvgIpc) is 2.24. The first-order valence-corrected chi connectivity index (χ1v) is 6.26. The summed E-state index contributed by atoms with van der Waals surface area (Å²) in [6.07, 6.45) is 7.77. The maximum Gasteiger partial charge on any atom is 0.0241 e. The lowest BCUT2D eigenvalue weighted by molar-refractivity contribution is 0.785. The van der Waals surface area contributed by atoms with Gasteiger partial charge in [-0.05, 0) is 36.5 Å². The Morgan fingerprint density at radius 1 is 1.31 bits per heavy atom. The maximum atomic E-state index is 4.04. The van der Waals surface area contributed by atoms with Crippen LogP contribution in [0.3, 0.4) is 0 Å². The largest absolute Gasteiger partial charge is 0.0991 e. The highest BCUT2D eigenvalue weighted by Crippen LogP contribution is 2.30. The van der Waals surface area contributed by atoms with Gasteiger partial charge in [0.15, 0.2) is 0 Å². The molecule has 0 fully saturated rings. The van der Waals surface area contributed by atoms with E-state index in [1.807, 2.05) is 12.2 Å². The molecule has 16 heavy (non-hydrogen) atoms. The van der Waals surface area contributed by atoms with Gasteiger partial charge < -0.3 is 0 Å². The van der Waals surface area contributed by atoms with E-state index in [4.69, 9.17) is 0 Å². The van der Waals surface area contributed by atoms with E-state index < -0.39 is 0 Å².